The molecule has 4 heteroatoms. The number of hydrogen-bond donors (Lipinski definition) is 0. The highest BCUT2D eigenvalue weighted by atomic mass is 35.5. The lowest BCUT2D eigenvalue weighted by Crippen LogP contribution is -2.08. The predicted octanol–water partition coefficient (Wildman–Crippen LogP) is 4.48. The Labute approximate surface area is 137 Å². The summed E-state index contributed by atoms with van der Waals surface area (Å²) in [5.41, 5.74) is 4.14. The monoisotopic (exact) mass is 320 g/mol. The van der Waals surface area contributed by atoms with E-state index in [2.05, 4.69) is 0 Å². The minimum Gasteiger partial charge on any atom is -0.282 e. The van der Waals surface area contributed by atoms with Crippen LogP contribution in [-0.2, 0) is 0 Å². The molecule has 0 N–H and O–H groups in total. The number of benzene rings is 2. The molecular formula is C19H13ClN2O. The molecule has 0 unspecified atom stereocenters. The van der Waals surface area contributed by atoms with E-state index in [9.17, 15) is 4.79 Å². The van der Waals surface area contributed by atoms with Crippen LogP contribution in [0.15, 0.2) is 65.6 Å². The van der Waals surface area contributed by atoms with Crippen molar-refractivity contribution in [1.29, 1.82) is 0 Å². The lowest BCUT2D eigenvalue weighted by atomic mass is 10.1. The van der Waals surface area contributed by atoms with Crippen molar-refractivity contribution in [1.82, 2.24) is 9.38 Å². The van der Waals surface area contributed by atoms with Gasteiger partial charge in [-0.05, 0) is 43.3 Å². The number of aromatic nitrogens is 2. The molecule has 2 aromatic carbocycles. The van der Waals surface area contributed by atoms with Crippen LogP contribution in [0.3, 0.4) is 0 Å². The zero-order valence-electron chi connectivity index (χ0n) is 12.5. The first kappa shape index (κ1) is 14.0. The van der Waals surface area contributed by atoms with Crippen LogP contribution >= 0.6 is 11.6 Å². The van der Waals surface area contributed by atoms with Crippen molar-refractivity contribution < 1.29 is 0 Å². The molecule has 0 aliphatic carbocycles. The minimum atomic E-state index is -0.0589. The number of halogens is 1. The van der Waals surface area contributed by atoms with Crippen LogP contribution in [0.1, 0.15) is 5.56 Å². The molecule has 2 heterocycles. The van der Waals surface area contributed by atoms with Gasteiger partial charge in [-0.25, -0.2) is 4.98 Å². The summed E-state index contributed by atoms with van der Waals surface area (Å²) in [4.78, 5) is 17.6. The van der Waals surface area contributed by atoms with Crippen LogP contribution in [0.4, 0.5) is 0 Å². The Morgan fingerprint density at radius 3 is 2.61 bits per heavy atom. The Bertz CT molecular complexity index is 1100. The van der Waals surface area contributed by atoms with Gasteiger partial charge in [0.1, 0.15) is 0 Å². The Kier molecular flexibility index (Phi) is 3.17. The molecule has 0 bridgehead atoms. The van der Waals surface area contributed by atoms with E-state index in [1.807, 2.05) is 61.5 Å². The van der Waals surface area contributed by atoms with Crippen molar-refractivity contribution in [2.24, 2.45) is 0 Å². The Morgan fingerprint density at radius 1 is 1.04 bits per heavy atom. The normalized spacial score (nSPS) is 11.2. The number of fused-ring (bicyclic) bond motifs is 2. The molecule has 2 aromatic heterocycles. The van der Waals surface area contributed by atoms with Crippen molar-refractivity contribution in [3.8, 4) is 11.3 Å². The zero-order valence-corrected chi connectivity index (χ0v) is 13.2. The minimum absolute atomic E-state index is 0.0589. The molecule has 0 saturated heterocycles. The largest absolute Gasteiger partial charge is 0.282 e. The van der Waals surface area contributed by atoms with Gasteiger partial charge < -0.3 is 0 Å². The van der Waals surface area contributed by atoms with Crippen LogP contribution in [-0.4, -0.2) is 9.38 Å². The lowest BCUT2D eigenvalue weighted by Gasteiger charge is -2.00. The summed E-state index contributed by atoms with van der Waals surface area (Å²) in [6.45, 7) is 1.97. The van der Waals surface area contributed by atoms with E-state index in [1.165, 1.54) is 0 Å². The van der Waals surface area contributed by atoms with Crippen molar-refractivity contribution in [3.05, 3.63) is 81.7 Å². The quantitative estimate of drug-likeness (QED) is 0.518. The molecule has 0 spiro atoms. The maximum absolute atomic E-state index is 12.8. The van der Waals surface area contributed by atoms with Gasteiger partial charge in [0.15, 0.2) is 0 Å². The van der Waals surface area contributed by atoms with Crippen LogP contribution in [0, 0.1) is 6.92 Å². The molecular weight excluding hydrogens is 308 g/mol. The molecule has 0 aliphatic heterocycles. The van der Waals surface area contributed by atoms with Crippen LogP contribution < -0.4 is 5.56 Å². The topological polar surface area (TPSA) is 34.4 Å². The summed E-state index contributed by atoms with van der Waals surface area (Å²) in [6, 6.07) is 17.0. The average molecular weight is 321 g/mol. The Morgan fingerprint density at radius 2 is 1.83 bits per heavy atom. The number of hydrogen-bond acceptors (Lipinski definition) is 2. The third-order valence-corrected chi connectivity index (χ3v) is 4.19. The Hall–Kier alpha value is -2.65. The first-order chi connectivity index (χ1) is 11.1. The third-order valence-electron chi connectivity index (χ3n) is 3.94. The van der Waals surface area contributed by atoms with E-state index < -0.39 is 0 Å². The summed E-state index contributed by atoms with van der Waals surface area (Å²) >= 11 is 5.98. The fourth-order valence-corrected chi connectivity index (χ4v) is 2.92. The number of aryl methyl sites for hydroxylation is 1. The molecule has 4 aromatic rings. The second-order valence-corrected chi connectivity index (χ2v) is 5.99. The smallest absolute Gasteiger partial charge is 0.264 e. The molecule has 0 amide bonds. The van der Waals surface area contributed by atoms with E-state index in [1.54, 1.807) is 10.6 Å². The van der Waals surface area contributed by atoms with Gasteiger partial charge in [-0.15, -0.1) is 0 Å². The van der Waals surface area contributed by atoms with Gasteiger partial charge in [-0.2, -0.15) is 0 Å². The van der Waals surface area contributed by atoms with Gasteiger partial charge in [0.05, 0.1) is 22.1 Å². The number of rotatable bonds is 1. The number of nitrogens with zero attached hydrogens (tertiary/aromatic N) is 2. The molecule has 0 fully saturated rings. The van der Waals surface area contributed by atoms with Crippen molar-refractivity contribution in [2.45, 2.75) is 6.92 Å². The van der Waals surface area contributed by atoms with Gasteiger partial charge in [0.25, 0.3) is 5.56 Å². The van der Waals surface area contributed by atoms with Crippen molar-refractivity contribution >= 4 is 28.0 Å². The van der Waals surface area contributed by atoms with E-state index in [-0.39, 0.29) is 5.56 Å². The van der Waals surface area contributed by atoms with Gasteiger partial charge >= 0.3 is 0 Å². The van der Waals surface area contributed by atoms with Crippen LogP contribution in [0.2, 0.25) is 5.02 Å². The highest BCUT2D eigenvalue weighted by Gasteiger charge is 2.10. The van der Waals surface area contributed by atoms with Crippen molar-refractivity contribution in [2.75, 3.05) is 0 Å². The van der Waals surface area contributed by atoms with Gasteiger partial charge in [-0.1, -0.05) is 35.4 Å². The molecule has 4 rings (SSSR count). The highest BCUT2D eigenvalue weighted by molar-refractivity contribution is 6.30. The standard InChI is InChI=1S/C19H13ClN2O/c1-12-4-9-16-15(11-12)19(23)22-10-2-3-17(22)18(21-16)13-5-7-14(20)8-6-13/h2-11H,1H3. The maximum Gasteiger partial charge on any atom is 0.264 e. The molecule has 0 aliphatic rings. The van der Waals surface area contributed by atoms with Crippen LogP contribution in [0.5, 0.6) is 0 Å². The predicted molar refractivity (Wildman–Crippen MR) is 94.2 cm³/mol. The fourth-order valence-electron chi connectivity index (χ4n) is 2.80. The van der Waals surface area contributed by atoms with Crippen LogP contribution in [0.25, 0.3) is 27.7 Å². The lowest BCUT2D eigenvalue weighted by molar-refractivity contribution is 1.15. The second-order valence-electron chi connectivity index (χ2n) is 5.56. The highest BCUT2D eigenvalue weighted by Crippen LogP contribution is 2.25. The SMILES string of the molecule is Cc1ccc2nc(-c3ccc(Cl)cc3)c3cccn3c(=O)c2c1. The summed E-state index contributed by atoms with van der Waals surface area (Å²) in [6.07, 6.45) is 1.78. The zero-order chi connectivity index (χ0) is 16.0. The molecule has 0 radical (unpaired) electrons. The molecule has 112 valence electrons. The van der Waals surface area contributed by atoms with Gasteiger partial charge in [0.2, 0.25) is 0 Å². The van der Waals surface area contributed by atoms with E-state index in [0.29, 0.717) is 15.9 Å². The molecule has 0 saturated carbocycles. The first-order valence-electron chi connectivity index (χ1n) is 7.31. The fraction of sp³-hybridized carbons (Fsp3) is 0.0526. The van der Waals surface area contributed by atoms with E-state index >= 15 is 0 Å². The molecule has 3 nitrogen and oxygen atoms in total. The van der Waals surface area contributed by atoms with Gasteiger partial charge in [-0.3, -0.25) is 9.20 Å². The average Bonchev–Trinajstić information content (AvgIpc) is 2.99. The molecule has 23 heavy (non-hydrogen) atoms. The summed E-state index contributed by atoms with van der Waals surface area (Å²) in [5.74, 6) is 0. The summed E-state index contributed by atoms with van der Waals surface area (Å²) in [5, 5.41) is 1.29. The van der Waals surface area contributed by atoms with E-state index in [4.69, 9.17) is 16.6 Å². The summed E-state index contributed by atoms with van der Waals surface area (Å²) in [7, 11) is 0. The maximum atomic E-state index is 12.8. The van der Waals surface area contributed by atoms with E-state index in [0.717, 1.165) is 22.3 Å². The van der Waals surface area contributed by atoms with Crippen molar-refractivity contribution in [3.63, 3.8) is 0 Å². The summed E-state index contributed by atoms with van der Waals surface area (Å²) < 4.78 is 1.65. The third kappa shape index (κ3) is 2.30. The second kappa shape index (κ2) is 5.21. The first-order valence-corrected chi connectivity index (χ1v) is 7.69. The Balaban J connectivity index is 2.20. The molecule has 0 atom stereocenters. The van der Waals surface area contributed by atoms with Gasteiger partial charge in [0, 0.05) is 16.8 Å².